The van der Waals surface area contributed by atoms with Crippen molar-refractivity contribution in [2.45, 2.75) is 25.7 Å². The van der Waals surface area contributed by atoms with E-state index in [-0.39, 0.29) is 35.2 Å². The number of hydrogen-bond donors (Lipinski definition) is 4. The van der Waals surface area contributed by atoms with E-state index in [0.29, 0.717) is 16.9 Å². The van der Waals surface area contributed by atoms with Crippen LogP contribution in [0.15, 0.2) is 42.5 Å². The lowest BCUT2D eigenvalue weighted by Crippen LogP contribution is -2.15. The predicted molar refractivity (Wildman–Crippen MR) is 105 cm³/mol. The molecule has 1 atom stereocenters. The summed E-state index contributed by atoms with van der Waals surface area (Å²) in [5.74, 6) is -2.53. The van der Waals surface area contributed by atoms with Gasteiger partial charge in [-0.2, -0.15) is 0 Å². The Bertz CT molecular complexity index is 1100. The van der Waals surface area contributed by atoms with Crippen molar-refractivity contribution >= 4 is 17.4 Å². The molecule has 2 heterocycles. The molecule has 1 aliphatic heterocycles. The third kappa shape index (κ3) is 3.60. The van der Waals surface area contributed by atoms with Gasteiger partial charge in [0.25, 0.3) is 5.91 Å². The van der Waals surface area contributed by atoms with Crippen LogP contribution in [0, 0.1) is 11.6 Å². The van der Waals surface area contributed by atoms with Gasteiger partial charge >= 0.3 is 0 Å². The van der Waals surface area contributed by atoms with Crippen LogP contribution in [-0.4, -0.2) is 32.4 Å². The molecular formula is C21H18F2N4O3. The molecule has 0 radical (unpaired) electrons. The Kier molecular flexibility index (Phi) is 5.15. The third-order valence-corrected chi connectivity index (χ3v) is 4.96. The topological polar surface area (TPSA) is 107 Å². The molecule has 30 heavy (non-hydrogen) atoms. The van der Waals surface area contributed by atoms with Gasteiger partial charge < -0.3 is 20.8 Å². The number of benzene rings is 2. The number of amides is 1. The molecule has 4 rings (SSSR count). The lowest BCUT2D eigenvalue weighted by atomic mass is 10.0. The number of carbonyl (C=O) groups is 1. The third-order valence-electron chi connectivity index (χ3n) is 4.96. The van der Waals surface area contributed by atoms with Gasteiger partial charge in [0.2, 0.25) is 0 Å². The van der Waals surface area contributed by atoms with Crippen LogP contribution in [0.25, 0.3) is 11.4 Å². The fraction of sp³-hybridized carbons (Fsp3) is 0.190. The number of aromatic nitrogens is 2. The number of nitrogens with zero attached hydrogens (tertiary/aromatic N) is 2. The van der Waals surface area contributed by atoms with Crippen molar-refractivity contribution in [1.82, 2.24) is 15.3 Å². The van der Waals surface area contributed by atoms with Crippen molar-refractivity contribution in [3.63, 3.8) is 0 Å². The molecule has 3 aromatic rings. The highest BCUT2D eigenvalue weighted by Crippen LogP contribution is 2.30. The smallest absolute Gasteiger partial charge is 0.257 e. The Morgan fingerprint density at radius 3 is 2.33 bits per heavy atom. The first-order valence-electron chi connectivity index (χ1n) is 9.21. The average Bonchev–Trinajstić information content (AvgIpc) is 3.09. The number of anilines is 2. The summed E-state index contributed by atoms with van der Waals surface area (Å²) in [6, 6.07) is 10.2. The zero-order valence-electron chi connectivity index (χ0n) is 15.9. The van der Waals surface area contributed by atoms with Gasteiger partial charge in [-0.15, -0.1) is 0 Å². The van der Waals surface area contributed by atoms with Crippen molar-refractivity contribution in [3.8, 4) is 11.4 Å². The number of carbonyl (C=O) groups excluding carboxylic acids is 1. The van der Waals surface area contributed by atoms with Crippen LogP contribution in [0.3, 0.4) is 0 Å². The van der Waals surface area contributed by atoms with Gasteiger partial charge in [-0.05, 0) is 29.8 Å². The SMILES string of the molecule is CC(c1ccc(Nc2nc(-c3c(F)cccc3F)nc3c2C(=O)NC3)cc1)C(O)O. The van der Waals surface area contributed by atoms with E-state index < -0.39 is 23.8 Å². The number of aliphatic hydroxyl groups is 2. The van der Waals surface area contributed by atoms with Crippen LogP contribution >= 0.6 is 0 Å². The Hall–Kier alpha value is -3.43. The number of aliphatic hydroxyl groups excluding tert-OH is 1. The molecule has 0 saturated heterocycles. The van der Waals surface area contributed by atoms with Crippen molar-refractivity contribution in [3.05, 3.63) is 70.9 Å². The van der Waals surface area contributed by atoms with Crippen molar-refractivity contribution in [2.75, 3.05) is 5.32 Å². The molecule has 2 aromatic carbocycles. The first kappa shape index (κ1) is 19.9. The largest absolute Gasteiger partial charge is 0.368 e. The molecule has 4 N–H and O–H groups in total. The molecule has 0 aliphatic carbocycles. The fourth-order valence-corrected chi connectivity index (χ4v) is 3.22. The Labute approximate surface area is 170 Å². The summed E-state index contributed by atoms with van der Waals surface area (Å²) in [6.07, 6.45) is -1.49. The average molecular weight is 412 g/mol. The first-order valence-corrected chi connectivity index (χ1v) is 9.21. The summed E-state index contributed by atoms with van der Waals surface area (Å²) in [5, 5.41) is 24.3. The van der Waals surface area contributed by atoms with Gasteiger partial charge in [-0.1, -0.05) is 25.1 Å². The second-order valence-electron chi connectivity index (χ2n) is 6.95. The minimum atomic E-state index is -1.49. The molecule has 0 saturated carbocycles. The highest BCUT2D eigenvalue weighted by atomic mass is 19.1. The van der Waals surface area contributed by atoms with E-state index in [9.17, 15) is 23.8 Å². The minimum absolute atomic E-state index is 0.121. The molecule has 1 amide bonds. The van der Waals surface area contributed by atoms with E-state index in [0.717, 1.165) is 12.1 Å². The van der Waals surface area contributed by atoms with Crippen LogP contribution in [0.2, 0.25) is 0 Å². The summed E-state index contributed by atoms with van der Waals surface area (Å²) in [5.41, 5.74) is 1.43. The van der Waals surface area contributed by atoms with Gasteiger partial charge in [0.05, 0.1) is 17.8 Å². The van der Waals surface area contributed by atoms with Crippen LogP contribution in [0.1, 0.15) is 34.5 Å². The van der Waals surface area contributed by atoms with Gasteiger partial charge in [-0.25, -0.2) is 18.7 Å². The van der Waals surface area contributed by atoms with Crippen LogP contribution < -0.4 is 10.6 Å². The van der Waals surface area contributed by atoms with Crippen LogP contribution in [-0.2, 0) is 6.54 Å². The molecule has 1 unspecified atom stereocenters. The molecule has 0 spiro atoms. The van der Waals surface area contributed by atoms with Gasteiger partial charge in [-0.3, -0.25) is 4.79 Å². The second-order valence-corrected chi connectivity index (χ2v) is 6.95. The van der Waals surface area contributed by atoms with E-state index >= 15 is 0 Å². The summed E-state index contributed by atoms with van der Waals surface area (Å²) < 4.78 is 28.5. The van der Waals surface area contributed by atoms with E-state index in [2.05, 4.69) is 20.6 Å². The molecular weight excluding hydrogens is 394 g/mol. The maximum Gasteiger partial charge on any atom is 0.257 e. The van der Waals surface area contributed by atoms with Crippen molar-refractivity contribution in [1.29, 1.82) is 0 Å². The normalized spacial score (nSPS) is 13.9. The first-order chi connectivity index (χ1) is 14.3. The quantitative estimate of drug-likeness (QED) is 0.480. The van der Waals surface area contributed by atoms with Crippen molar-refractivity contribution in [2.24, 2.45) is 0 Å². The Morgan fingerprint density at radius 1 is 1.03 bits per heavy atom. The highest BCUT2D eigenvalue weighted by Gasteiger charge is 2.28. The molecule has 0 fully saturated rings. The van der Waals surface area contributed by atoms with E-state index in [1.807, 2.05) is 0 Å². The lowest BCUT2D eigenvalue weighted by molar-refractivity contribution is -0.0561. The van der Waals surface area contributed by atoms with Crippen molar-refractivity contribution < 1.29 is 23.8 Å². The highest BCUT2D eigenvalue weighted by molar-refractivity contribution is 6.03. The number of halogens is 2. The van der Waals surface area contributed by atoms with E-state index in [4.69, 9.17) is 0 Å². The minimum Gasteiger partial charge on any atom is -0.368 e. The van der Waals surface area contributed by atoms with Crippen LogP contribution in [0.4, 0.5) is 20.3 Å². The number of fused-ring (bicyclic) bond motifs is 1. The van der Waals surface area contributed by atoms with Crippen LogP contribution in [0.5, 0.6) is 0 Å². The van der Waals surface area contributed by atoms with Gasteiger partial charge in [0.1, 0.15) is 23.0 Å². The summed E-state index contributed by atoms with van der Waals surface area (Å²) >= 11 is 0. The molecule has 9 heteroatoms. The molecule has 1 aromatic heterocycles. The maximum atomic E-state index is 14.2. The number of hydrogen-bond acceptors (Lipinski definition) is 6. The number of nitrogens with one attached hydrogen (secondary N) is 2. The lowest BCUT2D eigenvalue weighted by Gasteiger charge is -2.15. The zero-order chi connectivity index (χ0) is 21.4. The Morgan fingerprint density at radius 2 is 1.70 bits per heavy atom. The predicted octanol–water partition coefficient (Wildman–Crippen LogP) is 2.82. The summed E-state index contributed by atoms with van der Waals surface area (Å²) in [6.45, 7) is 1.79. The van der Waals surface area contributed by atoms with Gasteiger partial charge in [0, 0.05) is 11.6 Å². The summed E-state index contributed by atoms with van der Waals surface area (Å²) in [7, 11) is 0. The molecule has 0 bridgehead atoms. The molecule has 7 nitrogen and oxygen atoms in total. The fourth-order valence-electron chi connectivity index (χ4n) is 3.22. The maximum absolute atomic E-state index is 14.2. The van der Waals surface area contributed by atoms with Gasteiger partial charge in [0.15, 0.2) is 12.1 Å². The van der Waals surface area contributed by atoms with E-state index in [1.54, 1.807) is 31.2 Å². The number of rotatable bonds is 5. The van der Waals surface area contributed by atoms with E-state index in [1.165, 1.54) is 6.07 Å². The monoisotopic (exact) mass is 412 g/mol. The molecule has 1 aliphatic rings. The Balaban J connectivity index is 1.74. The zero-order valence-corrected chi connectivity index (χ0v) is 15.9. The summed E-state index contributed by atoms with van der Waals surface area (Å²) in [4.78, 5) is 20.7. The second kappa shape index (κ2) is 7.77. The molecule has 154 valence electrons. The standard InChI is InChI=1S/C21H18F2N4O3/c1-10(21(29)30)11-5-7-12(8-6-11)25-19-17-15(9-24-20(17)28)26-18(27-19)16-13(22)3-2-4-14(16)23/h2-8,10,21,29-30H,9H2,1H3,(H,24,28)(H,25,26,27).